The monoisotopic (exact) mass is 662 g/mol. The van der Waals surface area contributed by atoms with Crippen molar-refractivity contribution in [1.29, 1.82) is 5.41 Å². The number of alkyl halides is 3. The molecule has 3 aromatic carbocycles. The van der Waals surface area contributed by atoms with Crippen LogP contribution in [-0.4, -0.2) is 56.0 Å². The summed E-state index contributed by atoms with van der Waals surface area (Å²) in [5.41, 5.74) is 7.28. The summed E-state index contributed by atoms with van der Waals surface area (Å²) in [5.74, 6) is -2.06. The van der Waals surface area contributed by atoms with Gasteiger partial charge in [-0.05, 0) is 70.6 Å². The standard InChI is InChI=1S/C28H28N4O4S2.C2HF3O2/c1-36-22-9-7-19-8-10-24(14-20(19)13-22)38(34,35)23-5-2-4-18(12-23)16-31-28(32-11-3-6-26(32)33)21-15-25(27(29)30)37-17-21;3-2(4,5)1(6)7/h2,4-5,7-10,12-15,17,28,31H,3,6,11,16H2,1H3,(H3,29,30);(H,6,7). The number of likely N-dealkylation sites (tertiary alicyclic amines) is 1. The first-order valence-corrected chi connectivity index (χ1v) is 15.7. The molecule has 238 valence electrons. The number of halogens is 3. The zero-order valence-corrected chi connectivity index (χ0v) is 25.4. The second kappa shape index (κ2) is 13.7. The molecule has 10 nitrogen and oxygen atoms in total. The van der Waals surface area contributed by atoms with Gasteiger partial charge in [-0.2, -0.15) is 13.2 Å². The van der Waals surface area contributed by atoms with E-state index in [1.54, 1.807) is 48.4 Å². The number of hydrogen-bond donors (Lipinski definition) is 4. The van der Waals surface area contributed by atoms with E-state index in [4.69, 9.17) is 25.8 Å². The zero-order valence-electron chi connectivity index (χ0n) is 23.8. The fourth-order valence-electron chi connectivity index (χ4n) is 4.66. The molecular formula is C30H29F3N4O6S2. The Hall–Kier alpha value is -4.47. The third-order valence-electron chi connectivity index (χ3n) is 6.90. The number of aliphatic carboxylic acids is 1. The lowest BCUT2D eigenvalue weighted by Crippen LogP contribution is -2.38. The maximum absolute atomic E-state index is 13.5. The minimum atomic E-state index is -5.08. The van der Waals surface area contributed by atoms with Crippen LogP contribution in [0.15, 0.2) is 81.9 Å². The van der Waals surface area contributed by atoms with Crippen LogP contribution < -0.4 is 15.8 Å². The number of rotatable bonds is 9. The number of ether oxygens (including phenoxy) is 1. The second-order valence-electron chi connectivity index (χ2n) is 9.96. The van der Waals surface area contributed by atoms with Crippen molar-refractivity contribution in [3.63, 3.8) is 0 Å². The molecule has 1 aliphatic rings. The molecule has 45 heavy (non-hydrogen) atoms. The van der Waals surface area contributed by atoms with Crippen molar-refractivity contribution in [2.45, 2.75) is 41.5 Å². The van der Waals surface area contributed by atoms with Gasteiger partial charge in [-0.25, -0.2) is 13.2 Å². The minimum Gasteiger partial charge on any atom is -0.497 e. The van der Waals surface area contributed by atoms with Crippen LogP contribution >= 0.6 is 11.3 Å². The van der Waals surface area contributed by atoms with Gasteiger partial charge in [0.05, 0.1) is 21.8 Å². The Bertz CT molecular complexity index is 1840. The van der Waals surface area contributed by atoms with Gasteiger partial charge in [0.1, 0.15) is 17.8 Å². The van der Waals surface area contributed by atoms with E-state index >= 15 is 0 Å². The van der Waals surface area contributed by atoms with Gasteiger partial charge < -0.3 is 20.5 Å². The largest absolute Gasteiger partial charge is 0.497 e. The summed E-state index contributed by atoms with van der Waals surface area (Å²) in [4.78, 5) is 24.3. The highest BCUT2D eigenvalue weighted by Gasteiger charge is 2.38. The number of hydrogen-bond acceptors (Lipinski definition) is 8. The molecule has 0 saturated carbocycles. The molecule has 5 N–H and O–H groups in total. The number of nitrogens with two attached hydrogens (primary N) is 1. The van der Waals surface area contributed by atoms with Crippen LogP contribution in [0, 0.1) is 5.41 Å². The highest BCUT2D eigenvalue weighted by molar-refractivity contribution is 7.91. The number of amidine groups is 1. The van der Waals surface area contributed by atoms with Crippen molar-refractivity contribution in [2.24, 2.45) is 5.73 Å². The quantitative estimate of drug-likeness (QED) is 0.143. The molecule has 4 aromatic rings. The predicted molar refractivity (Wildman–Crippen MR) is 162 cm³/mol. The highest BCUT2D eigenvalue weighted by atomic mass is 32.2. The van der Waals surface area contributed by atoms with Crippen molar-refractivity contribution >= 4 is 49.7 Å². The molecular weight excluding hydrogens is 633 g/mol. The minimum absolute atomic E-state index is 0.0159. The molecule has 1 amide bonds. The van der Waals surface area contributed by atoms with Crippen LogP contribution in [0.4, 0.5) is 13.2 Å². The Morgan fingerprint density at radius 3 is 2.40 bits per heavy atom. The number of carbonyl (C=O) groups excluding carboxylic acids is 1. The Balaban J connectivity index is 0.000000591. The van der Waals surface area contributed by atoms with Gasteiger partial charge in [-0.1, -0.05) is 24.3 Å². The first kappa shape index (κ1) is 33.4. The molecule has 0 radical (unpaired) electrons. The molecule has 1 fully saturated rings. The topological polar surface area (TPSA) is 163 Å². The molecule has 1 unspecified atom stereocenters. The lowest BCUT2D eigenvalue weighted by Gasteiger charge is -2.28. The van der Waals surface area contributed by atoms with Crippen LogP contribution in [0.3, 0.4) is 0 Å². The van der Waals surface area contributed by atoms with Gasteiger partial charge in [-0.15, -0.1) is 11.3 Å². The Kier molecular flexibility index (Phi) is 10.2. The molecule has 1 atom stereocenters. The summed E-state index contributed by atoms with van der Waals surface area (Å²) in [7, 11) is -2.19. The number of methoxy groups -OCH3 is 1. The first-order valence-electron chi connectivity index (χ1n) is 13.4. The lowest BCUT2D eigenvalue weighted by atomic mass is 10.1. The zero-order chi connectivity index (χ0) is 32.9. The van der Waals surface area contributed by atoms with Gasteiger partial charge in [0.25, 0.3) is 0 Å². The van der Waals surface area contributed by atoms with E-state index in [9.17, 15) is 26.4 Å². The fourth-order valence-corrected chi connectivity index (χ4v) is 6.81. The third kappa shape index (κ3) is 7.98. The van der Waals surface area contributed by atoms with Crippen molar-refractivity contribution in [2.75, 3.05) is 13.7 Å². The maximum atomic E-state index is 13.5. The Morgan fingerprint density at radius 1 is 1.11 bits per heavy atom. The molecule has 15 heteroatoms. The molecule has 5 rings (SSSR count). The summed E-state index contributed by atoms with van der Waals surface area (Å²) >= 11 is 1.36. The second-order valence-corrected chi connectivity index (χ2v) is 12.8. The highest BCUT2D eigenvalue weighted by Crippen LogP contribution is 2.30. The van der Waals surface area contributed by atoms with E-state index in [0.717, 1.165) is 28.3 Å². The van der Waals surface area contributed by atoms with E-state index in [2.05, 4.69) is 5.32 Å². The molecule has 0 spiro atoms. The molecule has 0 aliphatic carbocycles. The number of carboxylic acids is 1. The summed E-state index contributed by atoms with van der Waals surface area (Å²) in [6.45, 7) is 0.973. The number of sulfone groups is 1. The van der Waals surface area contributed by atoms with E-state index in [1.165, 1.54) is 11.3 Å². The van der Waals surface area contributed by atoms with Crippen LogP contribution in [-0.2, 0) is 26.0 Å². The van der Waals surface area contributed by atoms with Crippen molar-refractivity contribution < 1.29 is 41.0 Å². The number of fused-ring (bicyclic) bond motifs is 1. The van der Waals surface area contributed by atoms with Gasteiger partial charge in [0, 0.05) is 25.1 Å². The number of nitrogen functional groups attached to an aromatic ring is 1. The average Bonchev–Trinajstić information content (AvgIpc) is 3.67. The van der Waals surface area contributed by atoms with E-state index in [-0.39, 0.29) is 21.5 Å². The molecule has 0 bridgehead atoms. The van der Waals surface area contributed by atoms with Crippen molar-refractivity contribution in [3.8, 4) is 5.75 Å². The average molecular weight is 663 g/mol. The summed E-state index contributed by atoms with van der Waals surface area (Å²) in [5, 5.41) is 21.9. The van der Waals surface area contributed by atoms with Gasteiger partial charge in [0.15, 0.2) is 0 Å². The number of nitrogens with zero attached hydrogens (tertiary/aromatic N) is 1. The Morgan fingerprint density at radius 2 is 1.80 bits per heavy atom. The first-order chi connectivity index (χ1) is 21.2. The normalized spacial score (nSPS) is 14.1. The lowest BCUT2D eigenvalue weighted by molar-refractivity contribution is -0.192. The summed E-state index contributed by atoms with van der Waals surface area (Å²) in [6, 6.07) is 19.3. The van der Waals surface area contributed by atoms with E-state index in [0.29, 0.717) is 30.1 Å². The van der Waals surface area contributed by atoms with Crippen LogP contribution in [0.2, 0.25) is 0 Å². The van der Waals surface area contributed by atoms with Crippen molar-refractivity contribution in [1.82, 2.24) is 10.2 Å². The number of carboxylic acid groups (broad SMARTS) is 1. The summed E-state index contributed by atoms with van der Waals surface area (Å²) < 4.78 is 64.1. The predicted octanol–water partition coefficient (Wildman–Crippen LogP) is 5.07. The van der Waals surface area contributed by atoms with Gasteiger partial charge in [0.2, 0.25) is 15.7 Å². The number of nitrogens with one attached hydrogen (secondary N) is 2. The Labute approximate surface area is 260 Å². The van der Waals surface area contributed by atoms with Gasteiger partial charge in [-0.3, -0.25) is 15.5 Å². The summed E-state index contributed by atoms with van der Waals surface area (Å²) in [6.07, 6.45) is -4.20. The van der Waals surface area contributed by atoms with E-state index in [1.807, 2.05) is 35.7 Å². The van der Waals surface area contributed by atoms with E-state index < -0.39 is 28.1 Å². The molecule has 1 aromatic heterocycles. The van der Waals surface area contributed by atoms with Crippen LogP contribution in [0.1, 0.15) is 35.0 Å². The van der Waals surface area contributed by atoms with Gasteiger partial charge >= 0.3 is 12.1 Å². The SMILES string of the molecule is COc1ccc2ccc(S(=O)(=O)c3cccc(CNC(c4csc(C(=N)N)c4)N4CCCC4=O)c3)cc2c1.O=C(O)C(F)(F)F. The third-order valence-corrected chi connectivity index (χ3v) is 9.63. The number of carbonyl (C=O) groups is 2. The number of benzene rings is 3. The van der Waals surface area contributed by atoms with Crippen LogP contribution in [0.5, 0.6) is 5.75 Å². The fraction of sp³-hybridized carbons (Fsp3) is 0.233. The van der Waals surface area contributed by atoms with Crippen molar-refractivity contribution in [3.05, 3.63) is 88.1 Å². The smallest absolute Gasteiger partial charge is 0.490 e. The van der Waals surface area contributed by atoms with Crippen LogP contribution in [0.25, 0.3) is 10.8 Å². The molecule has 1 aliphatic heterocycles. The number of amides is 1. The number of thiophene rings is 1. The maximum Gasteiger partial charge on any atom is 0.490 e. The molecule has 2 heterocycles. The molecule has 1 saturated heterocycles.